The van der Waals surface area contributed by atoms with Gasteiger partial charge in [-0.05, 0) is 6.07 Å². The number of fused-ring (bicyclic) bond motifs is 1. The van der Waals surface area contributed by atoms with Crippen LogP contribution in [0, 0.1) is 15.9 Å². The standard InChI is InChI=1S/C13H9FN4O3/c14-12-9(2-1-3-10(12)18(20)21)8-16-6-7-17-11(13(16)19)4-5-15-17/h1-7H,8H2. The van der Waals surface area contributed by atoms with Crippen molar-refractivity contribution in [3.05, 3.63) is 74.7 Å². The summed E-state index contributed by atoms with van der Waals surface area (Å²) < 4.78 is 16.7. The van der Waals surface area contributed by atoms with E-state index >= 15 is 0 Å². The van der Waals surface area contributed by atoms with Crippen LogP contribution in [0.5, 0.6) is 0 Å². The summed E-state index contributed by atoms with van der Waals surface area (Å²) in [6.07, 6.45) is 4.50. The van der Waals surface area contributed by atoms with E-state index in [1.807, 2.05) is 0 Å². The number of halogens is 1. The molecule has 0 saturated heterocycles. The van der Waals surface area contributed by atoms with Crippen LogP contribution in [0.4, 0.5) is 10.1 Å². The van der Waals surface area contributed by atoms with Gasteiger partial charge in [0.2, 0.25) is 5.82 Å². The molecule has 0 saturated carbocycles. The third-order valence-corrected chi connectivity index (χ3v) is 3.13. The number of nitrogens with zero attached hydrogens (tertiary/aromatic N) is 4. The van der Waals surface area contributed by atoms with E-state index in [2.05, 4.69) is 5.10 Å². The number of rotatable bonds is 3. The Labute approximate surface area is 117 Å². The van der Waals surface area contributed by atoms with Crippen molar-refractivity contribution < 1.29 is 9.31 Å². The van der Waals surface area contributed by atoms with Crippen LogP contribution in [0.1, 0.15) is 5.56 Å². The maximum absolute atomic E-state index is 14.0. The van der Waals surface area contributed by atoms with Crippen LogP contribution < -0.4 is 5.56 Å². The summed E-state index contributed by atoms with van der Waals surface area (Å²) in [5.41, 5.74) is -0.523. The SMILES string of the molecule is O=c1c2ccnn2ccn1Cc1cccc([N+](=O)[O-])c1F. The molecular weight excluding hydrogens is 279 g/mol. The van der Waals surface area contributed by atoms with Gasteiger partial charge < -0.3 is 4.57 Å². The molecule has 0 aliphatic rings. The van der Waals surface area contributed by atoms with Gasteiger partial charge in [-0.25, -0.2) is 4.52 Å². The Morgan fingerprint density at radius 1 is 1.29 bits per heavy atom. The summed E-state index contributed by atoms with van der Waals surface area (Å²) in [7, 11) is 0. The molecule has 0 aliphatic carbocycles. The Kier molecular flexibility index (Phi) is 2.98. The Balaban J connectivity index is 2.07. The maximum atomic E-state index is 14.0. The van der Waals surface area contributed by atoms with Gasteiger partial charge in [-0.2, -0.15) is 9.49 Å². The molecule has 2 aromatic heterocycles. The number of hydrogen-bond donors (Lipinski definition) is 0. The highest BCUT2D eigenvalue weighted by molar-refractivity contribution is 5.43. The van der Waals surface area contributed by atoms with Crippen molar-refractivity contribution in [1.29, 1.82) is 0 Å². The normalized spacial score (nSPS) is 10.9. The summed E-state index contributed by atoms with van der Waals surface area (Å²) in [4.78, 5) is 22.1. The van der Waals surface area contributed by atoms with Crippen LogP contribution in [0.2, 0.25) is 0 Å². The van der Waals surface area contributed by atoms with Crippen molar-refractivity contribution in [2.75, 3.05) is 0 Å². The highest BCUT2D eigenvalue weighted by Gasteiger charge is 2.17. The van der Waals surface area contributed by atoms with Crippen molar-refractivity contribution in [2.45, 2.75) is 6.54 Å². The van der Waals surface area contributed by atoms with Crippen LogP contribution in [-0.2, 0) is 6.54 Å². The lowest BCUT2D eigenvalue weighted by atomic mass is 10.2. The summed E-state index contributed by atoms with van der Waals surface area (Å²) in [5, 5.41) is 14.6. The van der Waals surface area contributed by atoms with E-state index in [-0.39, 0.29) is 17.7 Å². The van der Waals surface area contributed by atoms with Gasteiger partial charge in [-0.1, -0.05) is 12.1 Å². The van der Waals surface area contributed by atoms with E-state index in [4.69, 9.17) is 0 Å². The molecule has 7 nitrogen and oxygen atoms in total. The van der Waals surface area contributed by atoms with Gasteiger partial charge in [0.05, 0.1) is 17.7 Å². The second kappa shape index (κ2) is 4.82. The molecule has 0 bridgehead atoms. The first kappa shape index (κ1) is 13.0. The summed E-state index contributed by atoms with van der Waals surface area (Å²) in [5.74, 6) is -0.928. The molecule has 0 spiro atoms. The zero-order chi connectivity index (χ0) is 15.0. The van der Waals surface area contributed by atoms with Gasteiger partial charge in [0.25, 0.3) is 5.56 Å². The van der Waals surface area contributed by atoms with Gasteiger partial charge >= 0.3 is 5.69 Å². The van der Waals surface area contributed by atoms with E-state index in [9.17, 15) is 19.3 Å². The van der Waals surface area contributed by atoms with E-state index in [0.717, 1.165) is 6.07 Å². The molecule has 3 rings (SSSR count). The Hall–Kier alpha value is -3.03. The highest BCUT2D eigenvalue weighted by Crippen LogP contribution is 2.20. The lowest BCUT2D eigenvalue weighted by Gasteiger charge is -2.07. The third-order valence-electron chi connectivity index (χ3n) is 3.13. The number of nitro benzene ring substituents is 1. The molecule has 1 aromatic carbocycles. The van der Waals surface area contributed by atoms with Crippen LogP contribution in [0.15, 0.2) is 47.7 Å². The first-order valence-corrected chi connectivity index (χ1v) is 6.02. The van der Waals surface area contributed by atoms with Crippen molar-refractivity contribution >= 4 is 11.2 Å². The topological polar surface area (TPSA) is 82.4 Å². The van der Waals surface area contributed by atoms with E-state index in [1.54, 1.807) is 12.3 Å². The fourth-order valence-electron chi connectivity index (χ4n) is 2.10. The zero-order valence-corrected chi connectivity index (χ0v) is 10.6. The fourth-order valence-corrected chi connectivity index (χ4v) is 2.10. The molecule has 0 fully saturated rings. The summed E-state index contributed by atoms with van der Waals surface area (Å²) in [6.45, 7) is -0.0893. The molecule has 0 aliphatic heterocycles. The molecule has 0 amide bonds. The molecule has 8 heteroatoms. The lowest BCUT2D eigenvalue weighted by Crippen LogP contribution is -2.22. The Bertz CT molecular complexity index is 900. The zero-order valence-electron chi connectivity index (χ0n) is 10.6. The van der Waals surface area contributed by atoms with E-state index < -0.39 is 16.4 Å². The number of aromatic nitrogens is 3. The van der Waals surface area contributed by atoms with Crippen molar-refractivity contribution in [3.63, 3.8) is 0 Å². The summed E-state index contributed by atoms with van der Waals surface area (Å²) in [6, 6.07) is 5.43. The van der Waals surface area contributed by atoms with Crippen LogP contribution in [0.25, 0.3) is 5.52 Å². The first-order valence-electron chi connectivity index (χ1n) is 6.02. The van der Waals surface area contributed by atoms with Crippen LogP contribution in [0.3, 0.4) is 0 Å². The smallest absolute Gasteiger partial charge is 0.305 e. The minimum atomic E-state index is -0.928. The van der Waals surface area contributed by atoms with Gasteiger partial charge in [0.1, 0.15) is 5.52 Å². The molecular formula is C13H9FN4O3. The summed E-state index contributed by atoms with van der Waals surface area (Å²) >= 11 is 0. The molecule has 106 valence electrons. The van der Waals surface area contributed by atoms with E-state index in [0.29, 0.717) is 5.52 Å². The molecule has 3 aromatic rings. The van der Waals surface area contributed by atoms with Crippen molar-refractivity contribution in [2.24, 2.45) is 0 Å². The number of nitro groups is 1. The molecule has 2 heterocycles. The van der Waals surface area contributed by atoms with Gasteiger partial charge in [0, 0.05) is 24.0 Å². The fraction of sp³-hybridized carbons (Fsp3) is 0.0769. The average molecular weight is 288 g/mol. The average Bonchev–Trinajstić information content (AvgIpc) is 2.93. The molecule has 0 unspecified atom stereocenters. The monoisotopic (exact) mass is 288 g/mol. The van der Waals surface area contributed by atoms with Gasteiger partial charge in [-0.15, -0.1) is 0 Å². The quantitative estimate of drug-likeness (QED) is 0.541. The van der Waals surface area contributed by atoms with Crippen molar-refractivity contribution in [3.8, 4) is 0 Å². The van der Waals surface area contributed by atoms with Gasteiger partial charge in [0.15, 0.2) is 0 Å². The predicted molar refractivity (Wildman–Crippen MR) is 71.6 cm³/mol. The minimum absolute atomic E-state index is 0.0789. The van der Waals surface area contributed by atoms with E-state index in [1.165, 1.54) is 33.6 Å². The van der Waals surface area contributed by atoms with Crippen LogP contribution >= 0.6 is 0 Å². The minimum Gasteiger partial charge on any atom is -0.308 e. The van der Waals surface area contributed by atoms with Gasteiger partial charge in [-0.3, -0.25) is 14.9 Å². The first-order chi connectivity index (χ1) is 10.1. The second-order valence-corrected chi connectivity index (χ2v) is 4.40. The molecule has 0 atom stereocenters. The third kappa shape index (κ3) is 2.16. The lowest BCUT2D eigenvalue weighted by molar-refractivity contribution is -0.387. The maximum Gasteiger partial charge on any atom is 0.305 e. The number of benzene rings is 1. The highest BCUT2D eigenvalue weighted by atomic mass is 19.1. The number of hydrogen-bond acceptors (Lipinski definition) is 4. The largest absolute Gasteiger partial charge is 0.308 e. The molecule has 0 N–H and O–H groups in total. The second-order valence-electron chi connectivity index (χ2n) is 4.40. The Morgan fingerprint density at radius 3 is 2.86 bits per heavy atom. The molecule has 0 radical (unpaired) electrons. The molecule has 21 heavy (non-hydrogen) atoms. The predicted octanol–water partition coefficient (Wildman–Crippen LogP) is 1.59. The van der Waals surface area contributed by atoms with Crippen LogP contribution in [-0.4, -0.2) is 19.1 Å². The Morgan fingerprint density at radius 2 is 2.10 bits per heavy atom. The van der Waals surface area contributed by atoms with Crippen molar-refractivity contribution in [1.82, 2.24) is 14.2 Å².